The van der Waals surface area contributed by atoms with E-state index < -0.39 is 10.0 Å². The summed E-state index contributed by atoms with van der Waals surface area (Å²) in [5.41, 5.74) is 1.82. The van der Waals surface area contributed by atoms with E-state index in [1.165, 1.54) is 10.7 Å². The molecule has 1 aliphatic heterocycles. The molecule has 1 aliphatic rings. The first-order valence-electron chi connectivity index (χ1n) is 10.5. The number of hydrogen-bond acceptors (Lipinski definition) is 3. The molecule has 0 aliphatic carbocycles. The summed E-state index contributed by atoms with van der Waals surface area (Å²) in [6, 6.07) is 5.59. The van der Waals surface area contributed by atoms with Crippen LogP contribution in [0.1, 0.15) is 64.0 Å². The number of sulfonamides is 1. The van der Waals surface area contributed by atoms with Crippen LogP contribution >= 0.6 is 0 Å². The number of carbonyl (C=O) groups excluding carboxylic acids is 1. The van der Waals surface area contributed by atoms with E-state index in [1.54, 1.807) is 6.07 Å². The lowest BCUT2D eigenvalue weighted by Gasteiger charge is -2.31. The summed E-state index contributed by atoms with van der Waals surface area (Å²) < 4.78 is 27.5. The van der Waals surface area contributed by atoms with E-state index in [0.717, 1.165) is 24.0 Å². The van der Waals surface area contributed by atoms with Crippen LogP contribution in [0.5, 0.6) is 0 Å². The molecular formula is C22H36N2O3S. The smallest absolute Gasteiger partial charge is 0.243 e. The maximum atomic E-state index is 13.0. The van der Waals surface area contributed by atoms with Gasteiger partial charge < -0.3 is 5.32 Å². The number of aryl methyl sites for hydroxylation is 2. The second-order valence-corrected chi connectivity index (χ2v) is 10.6. The van der Waals surface area contributed by atoms with Gasteiger partial charge in [0.2, 0.25) is 15.9 Å². The number of rotatable bonds is 8. The number of nitrogens with one attached hydrogen (secondary N) is 1. The highest BCUT2D eigenvalue weighted by Gasteiger charge is 2.33. The number of piperidine rings is 1. The second kappa shape index (κ2) is 9.88. The first-order valence-corrected chi connectivity index (χ1v) is 11.9. The highest BCUT2D eigenvalue weighted by Crippen LogP contribution is 2.26. The van der Waals surface area contributed by atoms with Gasteiger partial charge in [-0.05, 0) is 57.6 Å². The van der Waals surface area contributed by atoms with Gasteiger partial charge in [0.1, 0.15) is 0 Å². The molecule has 28 heavy (non-hydrogen) atoms. The minimum atomic E-state index is -3.50. The molecule has 1 saturated heterocycles. The zero-order valence-electron chi connectivity index (χ0n) is 18.0. The molecule has 6 heteroatoms. The van der Waals surface area contributed by atoms with Crippen LogP contribution in [0.4, 0.5) is 0 Å². The van der Waals surface area contributed by atoms with Gasteiger partial charge in [0, 0.05) is 25.0 Å². The molecule has 0 radical (unpaired) electrons. The SMILES string of the molecule is Cc1ccc(S(=O)(=O)N2CCC(C(=O)NC(C)CCCC(C)C)CC2)c(C)c1. The van der Waals surface area contributed by atoms with Gasteiger partial charge in [-0.1, -0.05) is 44.4 Å². The van der Waals surface area contributed by atoms with Gasteiger partial charge in [0.05, 0.1) is 4.90 Å². The molecule has 1 heterocycles. The van der Waals surface area contributed by atoms with E-state index in [-0.39, 0.29) is 17.9 Å². The molecule has 158 valence electrons. The monoisotopic (exact) mass is 408 g/mol. The van der Waals surface area contributed by atoms with E-state index >= 15 is 0 Å². The summed E-state index contributed by atoms with van der Waals surface area (Å²) in [6.07, 6.45) is 4.44. The fourth-order valence-corrected chi connectivity index (χ4v) is 5.53. The maximum Gasteiger partial charge on any atom is 0.243 e. The molecule has 1 aromatic rings. The normalized spacial score (nSPS) is 17.6. The first-order chi connectivity index (χ1) is 13.1. The Bertz CT molecular complexity index is 766. The molecule has 0 spiro atoms. The number of hydrogen-bond donors (Lipinski definition) is 1. The standard InChI is InChI=1S/C22H36N2O3S/c1-16(2)7-6-8-19(5)23-22(25)20-11-13-24(14-12-20)28(26,27)21-10-9-17(3)15-18(21)4/h9-10,15-16,19-20H,6-8,11-14H2,1-5H3,(H,23,25). The minimum Gasteiger partial charge on any atom is -0.353 e. The van der Waals surface area contributed by atoms with E-state index in [1.807, 2.05) is 26.0 Å². The van der Waals surface area contributed by atoms with Gasteiger partial charge in [-0.3, -0.25) is 4.79 Å². The van der Waals surface area contributed by atoms with Crippen LogP contribution in [0.3, 0.4) is 0 Å². The van der Waals surface area contributed by atoms with Crippen LogP contribution < -0.4 is 5.32 Å². The Morgan fingerprint density at radius 2 is 1.79 bits per heavy atom. The van der Waals surface area contributed by atoms with Crippen LogP contribution in [0.25, 0.3) is 0 Å². The van der Waals surface area contributed by atoms with Gasteiger partial charge in [-0.25, -0.2) is 8.42 Å². The predicted molar refractivity (Wildman–Crippen MR) is 114 cm³/mol. The molecule has 0 saturated carbocycles. The maximum absolute atomic E-state index is 13.0. The van der Waals surface area contributed by atoms with Crippen LogP contribution in [0, 0.1) is 25.7 Å². The van der Waals surface area contributed by atoms with Crippen molar-refractivity contribution in [2.75, 3.05) is 13.1 Å². The van der Waals surface area contributed by atoms with Gasteiger partial charge in [-0.2, -0.15) is 4.31 Å². The Morgan fingerprint density at radius 3 is 2.36 bits per heavy atom. The third kappa shape index (κ3) is 6.05. The van der Waals surface area contributed by atoms with Crippen molar-refractivity contribution in [2.45, 2.75) is 77.7 Å². The molecule has 1 N–H and O–H groups in total. The molecule has 0 bridgehead atoms. The molecule has 2 rings (SSSR count). The Hall–Kier alpha value is -1.40. The van der Waals surface area contributed by atoms with E-state index in [0.29, 0.717) is 36.7 Å². The van der Waals surface area contributed by atoms with Gasteiger partial charge in [-0.15, -0.1) is 0 Å². The summed E-state index contributed by atoms with van der Waals surface area (Å²) >= 11 is 0. The topological polar surface area (TPSA) is 66.5 Å². The van der Waals surface area contributed by atoms with E-state index in [4.69, 9.17) is 0 Å². The van der Waals surface area contributed by atoms with Crippen molar-refractivity contribution in [1.82, 2.24) is 9.62 Å². The molecule has 5 nitrogen and oxygen atoms in total. The lowest BCUT2D eigenvalue weighted by atomic mass is 9.96. The summed E-state index contributed by atoms with van der Waals surface area (Å²) in [7, 11) is -3.50. The fourth-order valence-electron chi connectivity index (χ4n) is 3.85. The lowest BCUT2D eigenvalue weighted by molar-refractivity contribution is -0.126. The molecule has 1 atom stereocenters. The van der Waals surface area contributed by atoms with Crippen LogP contribution in [0.2, 0.25) is 0 Å². The molecule has 1 fully saturated rings. The van der Waals surface area contributed by atoms with Crippen molar-refractivity contribution in [2.24, 2.45) is 11.8 Å². The Labute approximate surface area is 170 Å². The molecule has 1 amide bonds. The van der Waals surface area contributed by atoms with E-state index in [2.05, 4.69) is 26.1 Å². The summed E-state index contributed by atoms with van der Waals surface area (Å²) in [5, 5.41) is 3.12. The van der Waals surface area contributed by atoms with Crippen molar-refractivity contribution >= 4 is 15.9 Å². The van der Waals surface area contributed by atoms with Crippen molar-refractivity contribution in [3.05, 3.63) is 29.3 Å². The molecule has 1 aromatic carbocycles. The van der Waals surface area contributed by atoms with Crippen LogP contribution in [0.15, 0.2) is 23.1 Å². The van der Waals surface area contributed by atoms with Crippen LogP contribution in [-0.2, 0) is 14.8 Å². The number of amides is 1. The third-order valence-corrected chi connectivity index (χ3v) is 7.64. The van der Waals surface area contributed by atoms with E-state index in [9.17, 15) is 13.2 Å². The van der Waals surface area contributed by atoms with Crippen LogP contribution in [-0.4, -0.2) is 37.8 Å². The average Bonchev–Trinajstić information content (AvgIpc) is 2.61. The Morgan fingerprint density at radius 1 is 1.14 bits per heavy atom. The Balaban J connectivity index is 1.88. The Kier molecular flexibility index (Phi) is 8.07. The molecular weight excluding hydrogens is 372 g/mol. The highest BCUT2D eigenvalue weighted by atomic mass is 32.2. The first kappa shape index (κ1) is 22.9. The highest BCUT2D eigenvalue weighted by molar-refractivity contribution is 7.89. The minimum absolute atomic E-state index is 0.0700. The number of nitrogens with zero attached hydrogens (tertiary/aromatic N) is 1. The molecule has 1 unspecified atom stereocenters. The lowest BCUT2D eigenvalue weighted by Crippen LogP contribution is -2.44. The summed E-state index contributed by atoms with van der Waals surface area (Å²) in [6.45, 7) is 11.1. The fraction of sp³-hybridized carbons (Fsp3) is 0.682. The van der Waals surface area contributed by atoms with Crippen molar-refractivity contribution in [1.29, 1.82) is 0 Å². The largest absolute Gasteiger partial charge is 0.353 e. The second-order valence-electron chi connectivity index (χ2n) is 8.68. The van der Waals surface area contributed by atoms with Crippen molar-refractivity contribution < 1.29 is 13.2 Å². The number of benzene rings is 1. The summed E-state index contributed by atoms with van der Waals surface area (Å²) in [5.74, 6) is 0.657. The number of carbonyl (C=O) groups is 1. The zero-order chi connectivity index (χ0) is 20.9. The van der Waals surface area contributed by atoms with Gasteiger partial charge in [0.15, 0.2) is 0 Å². The van der Waals surface area contributed by atoms with Gasteiger partial charge in [0.25, 0.3) is 0 Å². The molecule has 0 aromatic heterocycles. The third-order valence-electron chi connectivity index (χ3n) is 5.58. The quantitative estimate of drug-likeness (QED) is 0.706. The van der Waals surface area contributed by atoms with Crippen molar-refractivity contribution in [3.63, 3.8) is 0 Å². The predicted octanol–water partition coefficient (Wildman–Crippen LogP) is 4.04. The van der Waals surface area contributed by atoms with Gasteiger partial charge >= 0.3 is 0 Å². The average molecular weight is 409 g/mol. The zero-order valence-corrected chi connectivity index (χ0v) is 18.8. The van der Waals surface area contributed by atoms with Crippen molar-refractivity contribution in [3.8, 4) is 0 Å². The summed E-state index contributed by atoms with van der Waals surface area (Å²) in [4.78, 5) is 12.9.